The molecule has 0 amide bonds. The van der Waals surface area contributed by atoms with Gasteiger partial charge >= 0.3 is 0 Å². The Balaban J connectivity index is 2.39. The molecule has 0 aliphatic rings. The summed E-state index contributed by atoms with van der Waals surface area (Å²) in [5, 5.41) is 10.1. The topological polar surface area (TPSA) is 63.0 Å². The minimum absolute atomic E-state index is 0.168. The molecule has 0 saturated heterocycles. The molecule has 0 saturated carbocycles. The minimum atomic E-state index is -0.363. The molecule has 5 nitrogen and oxygen atoms in total. The summed E-state index contributed by atoms with van der Waals surface area (Å²) in [4.78, 5) is 11.4. The van der Waals surface area contributed by atoms with Crippen LogP contribution in [0, 0.1) is 11.7 Å². The van der Waals surface area contributed by atoms with E-state index < -0.39 is 0 Å². The highest BCUT2D eigenvalue weighted by Gasteiger charge is 1.94. The average Bonchev–Trinajstić information content (AvgIpc) is 2.28. The summed E-state index contributed by atoms with van der Waals surface area (Å²) in [7, 11) is 0. The lowest BCUT2D eigenvalue weighted by Crippen LogP contribution is -2.18. The van der Waals surface area contributed by atoms with E-state index in [4.69, 9.17) is 12.2 Å². The summed E-state index contributed by atoms with van der Waals surface area (Å²) in [6.45, 7) is 1.99. The number of rotatable bonds is 2. The third kappa shape index (κ3) is 2.73. The normalized spacial score (nSPS) is 10.9. The molecule has 1 heterocycles. The van der Waals surface area contributed by atoms with Gasteiger partial charge in [0, 0.05) is 0 Å². The van der Waals surface area contributed by atoms with Gasteiger partial charge in [0.25, 0.3) is 5.56 Å². The molecule has 1 N–H and O–H groups in total. The van der Waals surface area contributed by atoms with Gasteiger partial charge in [-0.2, -0.15) is 14.9 Å². The van der Waals surface area contributed by atoms with Crippen molar-refractivity contribution in [1.82, 2.24) is 14.9 Å². The van der Waals surface area contributed by atoms with Crippen LogP contribution in [0.3, 0.4) is 0 Å². The fourth-order valence-electron chi connectivity index (χ4n) is 1.33. The number of nitrogens with zero attached hydrogens (tertiary/aromatic N) is 3. The Morgan fingerprint density at radius 1 is 1.53 bits per heavy atom. The van der Waals surface area contributed by atoms with Crippen LogP contribution < -0.4 is 5.56 Å². The fraction of sp³-hybridized carbons (Fsp3) is 0.0909. The first-order valence-corrected chi connectivity index (χ1v) is 5.35. The Morgan fingerprint density at radius 2 is 2.35 bits per heavy atom. The summed E-state index contributed by atoms with van der Waals surface area (Å²) >= 11 is 4.91. The smallest absolute Gasteiger partial charge is 0.265 e. The maximum atomic E-state index is 11.4. The van der Waals surface area contributed by atoms with Gasteiger partial charge in [-0.1, -0.05) is 29.8 Å². The molecule has 86 valence electrons. The molecule has 0 unspecified atom stereocenters. The molecule has 17 heavy (non-hydrogen) atoms. The lowest BCUT2D eigenvalue weighted by molar-refractivity contribution is 0.738. The third-order valence-corrected chi connectivity index (χ3v) is 2.36. The predicted molar refractivity (Wildman–Crippen MR) is 67.9 cm³/mol. The molecular formula is C11H10N4OS. The lowest BCUT2D eigenvalue weighted by Gasteiger charge is -1.97. The molecule has 6 heteroatoms. The highest BCUT2D eigenvalue weighted by molar-refractivity contribution is 7.71. The van der Waals surface area contributed by atoms with E-state index in [0.29, 0.717) is 0 Å². The first-order chi connectivity index (χ1) is 8.16. The van der Waals surface area contributed by atoms with Crippen molar-refractivity contribution in [2.75, 3.05) is 0 Å². The van der Waals surface area contributed by atoms with Gasteiger partial charge in [-0.25, -0.2) is 0 Å². The summed E-state index contributed by atoms with van der Waals surface area (Å²) < 4.78 is 1.26. The standard InChI is InChI=1S/C11H10N4OS/c1-8-3-2-4-9(5-8)6-13-15-10(16)7-12-14-11(15)17/h2-7H,1H3,(H,14,17)/b13-6+. The van der Waals surface area contributed by atoms with E-state index >= 15 is 0 Å². The first kappa shape index (κ1) is 11.4. The van der Waals surface area contributed by atoms with Gasteiger partial charge in [0.05, 0.1) is 6.21 Å². The van der Waals surface area contributed by atoms with E-state index in [1.165, 1.54) is 0 Å². The second-order valence-corrected chi connectivity index (χ2v) is 3.87. The maximum absolute atomic E-state index is 11.4. The quantitative estimate of drug-likeness (QED) is 0.645. The van der Waals surface area contributed by atoms with E-state index in [2.05, 4.69) is 15.3 Å². The second kappa shape index (κ2) is 4.84. The molecule has 0 aliphatic carbocycles. The highest BCUT2D eigenvalue weighted by Crippen LogP contribution is 2.00. The van der Waals surface area contributed by atoms with Gasteiger partial charge in [0.1, 0.15) is 6.20 Å². The number of H-pyrrole nitrogens is 1. The molecule has 2 rings (SSSR count). The van der Waals surface area contributed by atoms with E-state index in [0.717, 1.165) is 22.0 Å². The minimum Gasteiger partial charge on any atom is -0.265 e. The Morgan fingerprint density at radius 3 is 3.06 bits per heavy atom. The monoisotopic (exact) mass is 246 g/mol. The second-order valence-electron chi connectivity index (χ2n) is 3.48. The van der Waals surface area contributed by atoms with Gasteiger partial charge in [-0.15, -0.1) is 0 Å². The zero-order valence-corrected chi connectivity index (χ0v) is 9.94. The SMILES string of the molecule is Cc1cccc(/C=N/n2c(=O)cn[nH]c2=S)c1. The number of aryl methyl sites for hydroxylation is 1. The fourth-order valence-corrected chi connectivity index (χ4v) is 1.52. The van der Waals surface area contributed by atoms with Crippen molar-refractivity contribution < 1.29 is 0 Å². The number of aromatic nitrogens is 3. The van der Waals surface area contributed by atoms with Crippen LogP contribution in [0.2, 0.25) is 0 Å². The van der Waals surface area contributed by atoms with Gasteiger partial charge in [-0.3, -0.25) is 9.89 Å². The summed E-state index contributed by atoms with van der Waals surface area (Å²) in [5.74, 6) is 0. The van der Waals surface area contributed by atoms with E-state index in [1.807, 2.05) is 31.2 Å². The number of hydrogen-bond donors (Lipinski definition) is 1. The maximum Gasteiger partial charge on any atom is 0.293 e. The van der Waals surface area contributed by atoms with E-state index in [9.17, 15) is 4.79 Å². The largest absolute Gasteiger partial charge is 0.293 e. The first-order valence-electron chi connectivity index (χ1n) is 4.94. The Kier molecular flexibility index (Phi) is 3.24. The predicted octanol–water partition coefficient (Wildman–Crippen LogP) is 1.49. The Bertz CT molecular complexity index is 643. The van der Waals surface area contributed by atoms with Crippen LogP contribution in [-0.2, 0) is 0 Å². The van der Waals surface area contributed by atoms with Crippen molar-refractivity contribution in [1.29, 1.82) is 0 Å². The van der Waals surface area contributed by atoms with Crippen LogP contribution in [0.25, 0.3) is 0 Å². The van der Waals surface area contributed by atoms with Crippen LogP contribution in [0.1, 0.15) is 11.1 Å². The van der Waals surface area contributed by atoms with Crippen molar-refractivity contribution in [2.45, 2.75) is 6.92 Å². The highest BCUT2D eigenvalue weighted by atomic mass is 32.1. The molecule has 1 aromatic heterocycles. The Labute approximate surface area is 102 Å². The molecule has 2 aromatic rings. The van der Waals surface area contributed by atoms with Gasteiger partial charge in [0.15, 0.2) is 0 Å². The van der Waals surface area contributed by atoms with Crippen molar-refractivity contribution in [3.63, 3.8) is 0 Å². The lowest BCUT2D eigenvalue weighted by atomic mass is 10.2. The van der Waals surface area contributed by atoms with E-state index in [1.54, 1.807) is 6.21 Å². The van der Waals surface area contributed by atoms with Crippen molar-refractivity contribution in [2.24, 2.45) is 5.10 Å². The summed E-state index contributed by atoms with van der Waals surface area (Å²) in [6.07, 6.45) is 2.71. The van der Waals surface area contributed by atoms with Crippen LogP contribution in [-0.4, -0.2) is 21.1 Å². The van der Waals surface area contributed by atoms with Crippen LogP contribution in [0.5, 0.6) is 0 Å². The zero-order valence-electron chi connectivity index (χ0n) is 9.12. The summed E-state index contributed by atoms with van der Waals surface area (Å²) in [6, 6.07) is 7.77. The van der Waals surface area contributed by atoms with Crippen LogP contribution in [0.15, 0.2) is 40.4 Å². The van der Waals surface area contributed by atoms with Crippen molar-refractivity contribution in [3.8, 4) is 0 Å². The van der Waals surface area contributed by atoms with Gasteiger partial charge in [-0.05, 0) is 24.7 Å². The molecule has 0 atom stereocenters. The molecule has 0 radical (unpaired) electrons. The molecule has 0 aliphatic heterocycles. The molecule has 1 aromatic carbocycles. The molecule has 0 bridgehead atoms. The third-order valence-electron chi connectivity index (χ3n) is 2.10. The molecular weight excluding hydrogens is 236 g/mol. The Hall–Kier alpha value is -2.08. The van der Waals surface area contributed by atoms with Crippen LogP contribution >= 0.6 is 12.2 Å². The van der Waals surface area contributed by atoms with Gasteiger partial charge < -0.3 is 0 Å². The number of aromatic amines is 1. The molecule has 0 fully saturated rings. The zero-order chi connectivity index (χ0) is 12.3. The van der Waals surface area contributed by atoms with Gasteiger partial charge in [0.2, 0.25) is 4.77 Å². The number of nitrogens with one attached hydrogen (secondary N) is 1. The summed E-state index contributed by atoms with van der Waals surface area (Å²) in [5.41, 5.74) is 1.67. The number of benzene rings is 1. The van der Waals surface area contributed by atoms with Crippen LogP contribution in [0.4, 0.5) is 0 Å². The van der Waals surface area contributed by atoms with Crippen molar-refractivity contribution >= 4 is 18.4 Å². The van der Waals surface area contributed by atoms with Crippen molar-refractivity contribution in [3.05, 3.63) is 56.7 Å². The molecule has 0 spiro atoms. The van der Waals surface area contributed by atoms with E-state index in [-0.39, 0.29) is 10.3 Å². The average molecular weight is 246 g/mol. The number of hydrogen-bond acceptors (Lipinski definition) is 4.